The number of carbonyl (C=O) groups excluding carboxylic acids is 4. The Kier molecular flexibility index (Phi) is 6.60. The summed E-state index contributed by atoms with van der Waals surface area (Å²) in [5, 5.41) is 10.5. The predicted molar refractivity (Wildman–Crippen MR) is 159 cm³/mol. The molecule has 0 bridgehead atoms. The number of carbonyl (C=O) groups is 4. The van der Waals surface area contributed by atoms with Gasteiger partial charge < -0.3 is 9.84 Å². The summed E-state index contributed by atoms with van der Waals surface area (Å²) in [6.45, 7) is 0. The zero-order valence-corrected chi connectivity index (χ0v) is 26.4. The molecule has 4 amide bonds. The Balaban J connectivity index is 1.53. The largest absolute Gasteiger partial charge is 0.503 e. The second-order valence-electron chi connectivity index (χ2n) is 10.5. The number of amides is 4. The maximum absolute atomic E-state index is 14.0. The fourth-order valence-electron chi connectivity index (χ4n) is 6.88. The van der Waals surface area contributed by atoms with Crippen LogP contribution in [0.3, 0.4) is 0 Å². The molecule has 6 atom stereocenters. The van der Waals surface area contributed by atoms with Crippen molar-refractivity contribution in [3.05, 3.63) is 61.7 Å². The molecule has 40 heavy (non-hydrogen) atoms. The number of aromatic hydroxyl groups is 1. The van der Waals surface area contributed by atoms with Gasteiger partial charge in [-0.05, 0) is 99.2 Å². The van der Waals surface area contributed by atoms with Gasteiger partial charge in [0.25, 0.3) is 11.8 Å². The van der Waals surface area contributed by atoms with Crippen LogP contribution in [0.5, 0.6) is 11.5 Å². The van der Waals surface area contributed by atoms with E-state index in [1.165, 1.54) is 19.1 Å². The number of benzene rings is 2. The molecular formula is C28H22BrCl2IN2O6. The van der Waals surface area contributed by atoms with E-state index in [-0.39, 0.29) is 36.2 Å². The summed E-state index contributed by atoms with van der Waals surface area (Å²) in [6.07, 6.45) is 2.03. The lowest BCUT2D eigenvalue weighted by atomic mass is 9.56. The van der Waals surface area contributed by atoms with Gasteiger partial charge in [0.05, 0.1) is 29.1 Å². The average molecular weight is 760 g/mol. The molecule has 2 aliphatic heterocycles. The summed E-state index contributed by atoms with van der Waals surface area (Å²) in [6, 6.07) is 10.3. The van der Waals surface area contributed by atoms with Crippen LogP contribution in [0.15, 0.2) is 52.5 Å². The van der Waals surface area contributed by atoms with E-state index in [1.54, 1.807) is 24.3 Å². The number of hydrogen-bond donors (Lipinski definition) is 1. The summed E-state index contributed by atoms with van der Waals surface area (Å²) in [5.74, 6) is -5.03. The highest BCUT2D eigenvalue weighted by atomic mass is 127. The molecule has 1 saturated carbocycles. The SMILES string of the molecule is COc1cc([C@H]2C3=CC[C@@H]4C(=O)N(c5ccc(I)cc5)C(=O)[C@@H]4[C@@H]3C[C@@]3(Cl)C(=O)N(C)C(=O)[C@@]23Cl)cc(Br)c1O. The van der Waals surface area contributed by atoms with Crippen LogP contribution >= 0.6 is 61.7 Å². The van der Waals surface area contributed by atoms with Crippen LogP contribution in [0.2, 0.25) is 0 Å². The van der Waals surface area contributed by atoms with Gasteiger partial charge in [-0.25, -0.2) is 0 Å². The van der Waals surface area contributed by atoms with E-state index in [0.717, 1.165) is 8.47 Å². The smallest absolute Gasteiger partial charge is 0.253 e. The average Bonchev–Trinajstić information content (AvgIpc) is 3.25. The number of methoxy groups -OCH3 is 1. The van der Waals surface area contributed by atoms with Gasteiger partial charge in [0.1, 0.15) is 0 Å². The van der Waals surface area contributed by atoms with Crippen molar-refractivity contribution in [2.45, 2.75) is 28.5 Å². The first-order valence-corrected chi connectivity index (χ1v) is 15.1. The monoisotopic (exact) mass is 758 g/mol. The topological polar surface area (TPSA) is 104 Å². The number of phenolic OH excluding ortho intramolecular Hbond substituents is 1. The fourth-order valence-corrected chi connectivity index (χ4v) is 8.72. The molecular weight excluding hydrogens is 738 g/mol. The molecule has 3 fully saturated rings. The van der Waals surface area contributed by atoms with Crippen LogP contribution in [0.1, 0.15) is 24.3 Å². The first-order chi connectivity index (χ1) is 18.9. The molecule has 208 valence electrons. The highest BCUT2D eigenvalue weighted by Crippen LogP contribution is 2.65. The second kappa shape index (κ2) is 9.43. The predicted octanol–water partition coefficient (Wildman–Crippen LogP) is 4.96. The van der Waals surface area contributed by atoms with Crippen LogP contribution in [-0.4, -0.2) is 57.5 Å². The van der Waals surface area contributed by atoms with Crippen molar-refractivity contribution >= 4 is 91.0 Å². The van der Waals surface area contributed by atoms with Gasteiger partial charge in [0, 0.05) is 16.5 Å². The summed E-state index contributed by atoms with van der Waals surface area (Å²) in [7, 11) is 2.73. The van der Waals surface area contributed by atoms with Crippen LogP contribution in [0, 0.1) is 21.3 Å². The number of allylic oxidation sites excluding steroid dienone is 2. The molecule has 2 saturated heterocycles. The zero-order chi connectivity index (χ0) is 28.9. The van der Waals surface area contributed by atoms with E-state index >= 15 is 0 Å². The summed E-state index contributed by atoms with van der Waals surface area (Å²) >= 11 is 19.9. The van der Waals surface area contributed by atoms with Crippen molar-refractivity contribution in [2.75, 3.05) is 19.1 Å². The first kappa shape index (κ1) is 28.0. The number of ether oxygens (including phenoxy) is 1. The van der Waals surface area contributed by atoms with Gasteiger partial charge in [-0.15, -0.1) is 23.2 Å². The van der Waals surface area contributed by atoms with Crippen molar-refractivity contribution in [1.29, 1.82) is 0 Å². The molecule has 6 rings (SSSR count). The van der Waals surface area contributed by atoms with E-state index in [4.69, 9.17) is 27.9 Å². The van der Waals surface area contributed by atoms with Gasteiger partial charge in [-0.1, -0.05) is 11.6 Å². The molecule has 2 aliphatic carbocycles. The molecule has 2 heterocycles. The maximum atomic E-state index is 14.0. The quantitative estimate of drug-likeness (QED) is 0.206. The Labute approximate surface area is 261 Å². The number of phenols is 1. The third-order valence-electron chi connectivity index (χ3n) is 8.70. The van der Waals surface area contributed by atoms with E-state index in [2.05, 4.69) is 38.5 Å². The van der Waals surface area contributed by atoms with Crippen LogP contribution in [0.4, 0.5) is 5.69 Å². The molecule has 2 aromatic carbocycles. The van der Waals surface area contributed by atoms with E-state index in [1.807, 2.05) is 18.2 Å². The minimum Gasteiger partial charge on any atom is -0.503 e. The fraction of sp³-hybridized carbons (Fsp3) is 0.357. The number of likely N-dealkylation sites (tertiary alicyclic amines) is 1. The van der Waals surface area contributed by atoms with Gasteiger partial charge in [-0.2, -0.15) is 0 Å². The van der Waals surface area contributed by atoms with E-state index < -0.39 is 45.2 Å². The Morgan fingerprint density at radius 2 is 1.73 bits per heavy atom. The number of fused-ring (bicyclic) bond motifs is 4. The minimum atomic E-state index is -1.92. The highest BCUT2D eigenvalue weighted by Gasteiger charge is 2.76. The lowest BCUT2D eigenvalue weighted by molar-refractivity contribution is -0.138. The molecule has 4 aliphatic rings. The second-order valence-corrected chi connectivity index (χ2v) is 13.9. The van der Waals surface area contributed by atoms with Gasteiger partial charge in [0.15, 0.2) is 21.2 Å². The normalized spacial score (nSPS) is 33.1. The summed E-state index contributed by atoms with van der Waals surface area (Å²) in [5.41, 5.74) is 1.61. The summed E-state index contributed by atoms with van der Waals surface area (Å²) in [4.78, 5) is 53.2. The molecule has 0 unspecified atom stereocenters. The van der Waals surface area contributed by atoms with Crippen molar-refractivity contribution in [3.63, 3.8) is 0 Å². The van der Waals surface area contributed by atoms with Crippen LogP contribution in [0.25, 0.3) is 0 Å². The van der Waals surface area contributed by atoms with E-state index in [0.29, 0.717) is 21.3 Å². The number of halogens is 4. The van der Waals surface area contributed by atoms with Crippen LogP contribution < -0.4 is 9.64 Å². The minimum absolute atomic E-state index is 0.0909. The number of alkyl halides is 2. The Hall–Kier alpha value is -2.15. The van der Waals surface area contributed by atoms with Crippen molar-refractivity contribution in [3.8, 4) is 11.5 Å². The molecule has 8 nitrogen and oxygen atoms in total. The first-order valence-electron chi connectivity index (χ1n) is 12.5. The lowest BCUT2D eigenvalue weighted by Crippen LogP contribution is -2.60. The third-order valence-corrected chi connectivity index (χ3v) is 11.4. The zero-order valence-electron chi connectivity index (χ0n) is 21.2. The Morgan fingerprint density at radius 3 is 2.38 bits per heavy atom. The van der Waals surface area contributed by atoms with Gasteiger partial charge >= 0.3 is 0 Å². The number of nitrogens with zero attached hydrogens (tertiary/aromatic N) is 2. The number of rotatable bonds is 3. The van der Waals surface area contributed by atoms with Gasteiger partial charge in [0.2, 0.25) is 11.8 Å². The Morgan fingerprint density at radius 1 is 1.05 bits per heavy atom. The number of anilines is 1. The van der Waals surface area contributed by atoms with E-state index in [9.17, 15) is 24.3 Å². The molecule has 0 aromatic heterocycles. The lowest BCUT2D eigenvalue weighted by Gasteiger charge is -2.50. The maximum Gasteiger partial charge on any atom is 0.253 e. The molecule has 12 heteroatoms. The number of hydrogen-bond acceptors (Lipinski definition) is 6. The van der Waals surface area contributed by atoms with Crippen LogP contribution in [-0.2, 0) is 19.2 Å². The molecule has 1 N–H and O–H groups in total. The third kappa shape index (κ3) is 3.54. The van der Waals surface area contributed by atoms with Gasteiger partial charge in [-0.3, -0.25) is 29.0 Å². The molecule has 0 radical (unpaired) electrons. The standard InChI is InChI=1S/C28H22BrCl2IN2O6/c1-33-25(38)27(30)11-17-15(21(28(27,31)26(33)39)12-9-18(29)22(35)19(10-12)40-2)7-8-16-20(17)24(37)34(23(16)36)14-5-3-13(32)4-6-14/h3-7,9-10,16-17,20-21,35H,8,11H2,1-2H3/t16-,17+,20-,21-,27+,28-/m0/s1. The highest BCUT2D eigenvalue weighted by molar-refractivity contribution is 14.1. The summed E-state index contributed by atoms with van der Waals surface area (Å²) < 4.78 is 6.61. The Bertz CT molecular complexity index is 1550. The molecule has 2 aromatic rings. The van der Waals surface area contributed by atoms with Crippen molar-refractivity contribution < 1.29 is 29.0 Å². The van der Waals surface area contributed by atoms with Crippen molar-refractivity contribution in [1.82, 2.24) is 4.90 Å². The number of imide groups is 2. The van der Waals surface area contributed by atoms with Crippen molar-refractivity contribution in [2.24, 2.45) is 17.8 Å². The molecule has 0 spiro atoms.